The van der Waals surface area contributed by atoms with Gasteiger partial charge >= 0.3 is 0 Å². The molecular formula is C54H31NOS2. The summed E-state index contributed by atoms with van der Waals surface area (Å²) >= 11 is 3.73. The normalized spacial score (nSPS) is 12.1. The fourth-order valence-corrected chi connectivity index (χ4v) is 11.5. The molecule has 13 rings (SSSR count). The van der Waals surface area contributed by atoms with E-state index in [0.29, 0.717) is 0 Å². The molecule has 0 atom stereocenters. The number of nitrogens with zero attached hydrogens (tertiary/aromatic N) is 1. The fourth-order valence-electron chi connectivity index (χ4n) is 9.33. The van der Waals surface area contributed by atoms with Crippen molar-refractivity contribution in [2.24, 2.45) is 0 Å². The zero-order valence-corrected chi connectivity index (χ0v) is 32.7. The monoisotopic (exact) mass is 773 g/mol. The van der Waals surface area contributed by atoms with Crippen molar-refractivity contribution in [3.05, 3.63) is 188 Å². The molecule has 0 unspecified atom stereocenters. The van der Waals surface area contributed by atoms with Gasteiger partial charge in [0, 0.05) is 67.9 Å². The van der Waals surface area contributed by atoms with Gasteiger partial charge in [0.1, 0.15) is 11.2 Å². The summed E-state index contributed by atoms with van der Waals surface area (Å²) in [5, 5.41) is 14.9. The predicted octanol–water partition coefficient (Wildman–Crippen LogP) is 16.9. The Bertz CT molecular complexity index is 3820. The predicted molar refractivity (Wildman–Crippen MR) is 252 cm³/mol. The second-order valence-corrected chi connectivity index (χ2v) is 17.4. The second kappa shape index (κ2) is 12.3. The first-order valence-corrected chi connectivity index (χ1v) is 21.3. The number of hydrogen-bond donors (Lipinski definition) is 0. The number of anilines is 3. The second-order valence-electron chi connectivity index (χ2n) is 15.2. The minimum atomic E-state index is 0.909. The molecule has 0 fully saturated rings. The van der Waals surface area contributed by atoms with Crippen LogP contribution in [0, 0.1) is 0 Å². The van der Waals surface area contributed by atoms with Crippen LogP contribution in [0.3, 0.4) is 0 Å². The molecule has 0 amide bonds. The van der Waals surface area contributed by atoms with Crippen LogP contribution in [-0.2, 0) is 0 Å². The van der Waals surface area contributed by atoms with Gasteiger partial charge in [-0.3, -0.25) is 0 Å². The van der Waals surface area contributed by atoms with E-state index in [2.05, 4.69) is 193 Å². The lowest BCUT2D eigenvalue weighted by Gasteiger charge is -2.27. The minimum Gasteiger partial charge on any atom is -0.456 e. The van der Waals surface area contributed by atoms with Gasteiger partial charge in [-0.05, 0) is 117 Å². The van der Waals surface area contributed by atoms with Gasteiger partial charge < -0.3 is 9.32 Å². The fraction of sp³-hybridized carbons (Fsp3) is 0. The molecule has 0 bridgehead atoms. The van der Waals surface area contributed by atoms with Gasteiger partial charge in [0.2, 0.25) is 0 Å². The quantitative estimate of drug-likeness (QED) is 0.177. The molecule has 13 aromatic rings. The van der Waals surface area contributed by atoms with E-state index in [4.69, 9.17) is 4.42 Å². The van der Waals surface area contributed by atoms with Gasteiger partial charge in [-0.1, -0.05) is 109 Å². The Hall–Kier alpha value is -6.98. The van der Waals surface area contributed by atoms with E-state index in [9.17, 15) is 0 Å². The number of thiophene rings is 2. The summed E-state index contributed by atoms with van der Waals surface area (Å²) in [7, 11) is 0. The third-order valence-corrected chi connectivity index (χ3v) is 14.3. The molecule has 0 aliphatic heterocycles. The number of furan rings is 1. The SMILES string of the molecule is c1ccc2cc3c(cc2c1)oc1cc(-c2cccc4sc5ccc(N(c6ccc7sc8ccc9ccccc9c8c7c6)c6cccc7ccccc67)cc5c24)ccc13. The maximum absolute atomic E-state index is 6.56. The molecule has 270 valence electrons. The largest absolute Gasteiger partial charge is 0.456 e. The molecule has 0 saturated carbocycles. The molecule has 0 spiro atoms. The molecule has 0 aliphatic carbocycles. The minimum absolute atomic E-state index is 0.909. The van der Waals surface area contributed by atoms with Crippen molar-refractivity contribution >= 4 is 134 Å². The van der Waals surface area contributed by atoms with Crippen LogP contribution >= 0.6 is 22.7 Å². The highest BCUT2D eigenvalue weighted by atomic mass is 32.1. The summed E-state index contributed by atoms with van der Waals surface area (Å²) in [6.45, 7) is 0. The lowest BCUT2D eigenvalue weighted by molar-refractivity contribution is 0.669. The lowest BCUT2D eigenvalue weighted by atomic mass is 9.97. The molecular weight excluding hydrogens is 743 g/mol. The third kappa shape index (κ3) is 4.77. The molecule has 0 N–H and O–H groups in total. The highest BCUT2D eigenvalue weighted by Gasteiger charge is 2.20. The van der Waals surface area contributed by atoms with E-state index >= 15 is 0 Å². The van der Waals surface area contributed by atoms with Crippen LogP contribution in [0.25, 0.3) is 106 Å². The summed E-state index contributed by atoms with van der Waals surface area (Å²) in [6.07, 6.45) is 0. The topological polar surface area (TPSA) is 16.4 Å². The van der Waals surface area contributed by atoms with Crippen molar-refractivity contribution in [1.82, 2.24) is 0 Å². The van der Waals surface area contributed by atoms with Crippen molar-refractivity contribution in [2.75, 3.05) is 4.90 Å². The first-order chi connectivity index (χ1) is 28.7. The van der Waals surface area contributed by atoms with Crippen molar-refractivity contribution in [2.45, 2.75) is 0 Å². The molecule has 3 aromatic heterocycles. The summed E-state index contributed by atoms with van der Waals surface area (Å²) in [4.78, 5) is 2.46. The lowest BCUT2D eigenvalue weighted by Crippen LogP contribution is -2.10. The average molecular weight is 774 g/mol. The van der Waals surface area contributed by atoms with E-state index in [1.54, 1.807) is 0 Å². The van der Waals surface area contributed by atoms with Gasteiger partial charge in [-0.15, -0.1) is 22.7 Å². The number of rotatable bonds is 4. The average Bonchev–Trinajstić information content (AvgIpc) is 3.96. The summed E-state index contributed by atoms with van der Waals surface area (Å²) in [5.74, 6) is 0. The van der Waals surface area contributed by atoms with Crippen LogP contribution in [0.2, 0.25) is 0 Å². The van der Waals surface area contributed by atoms with Gasteiger partial charge in [0.25, 0.3) is 0 Å². The van der Waals surface area contributed by atoms with Gasteiger partial charge in [0.05, 0.1) is 5.69 Å². The van der Waals surface area contributed by atoms with Gasteiger partial charge in [-0.2, -0.15) is 0 Å². The molecule has 0 radical (unpaired) electrons. The van der Waals surface area contributed by atoms with Crippen molar-refractivity contribution in [1.29, 1.82) is 0 Å². The van der Waals surface area contributed by atoms with Crippen molar-refractivity contribution in [3.63, 3.8) is 0 Å². The molecule has 10 aromatic carbocycles. The number of fused-ring (bicyclic) bond motifs is 13. The summed E-state index contributed by atoms with van der Waals surface area (Å²) in [6, 6.07) is 69.1. The van der Waals surface area contributed by atoms with Gasteiger partial charge in [-0.25, -0.2) is 0 Å². The Morgan fingerprint density at radius 3 is 1.74 bits per heavy atom. The summed E-state index contributed by atoms with van der Waals surface area (Å²) < 4.78 is 11.7. The Balaban J connectivity index is 1.03. The van der Waals surface area contributed by atoms with E-state index in [0.717, 1.165) is 44.6 Å². The number of hydrogen-bond acceptors (Lipinski definition) is 4. The Morgan fingerprint density at radius 1 is 0.345 bits per heavy atom. The molecule has 0 saturated heterocycles. The maximum atomic E-state index is 6.56. The van der Waals surface area contributed by atoms with E-state index < -0.39 is 0 Å². The first-order valence-electron chi connectivity index (χ1n) is 19.6. The molecule has 4 heteroatoms. The van der Waals surface area contributed by atoms with Crippen LogP contribution in [0.15, 0.2) is 192 Å². The standard InChI is InChI=1S/C54H31NOS2/c1-2-12-35-28-48-43(27-34(35)11-1)42-23-19-36(29-47(42)56-48)41-16-8-18-51-54(41)45-31-38(21-25-49(45)57-51)55(46-17-7-13-32-9-3-5-14-39(32)46)37-22-26-50-44(30-37)53-40-15-6-4-10-33(40)20-24-52(53)58-50/h1-31H. The van der Waals surface area contributed by atoms with Gasteiger partial charge in [0.15, 0.2) is 0 Å². The smallest absolute Gasteiger partial charge is 0.136 e. The number of benzene rings is 10. The van der Waals surface area contributed by atoms with E-state index in [-0.39, 0.29) is 0 Å². The van der Waals surface area contributed by atoms with Crippen LogP contribution < -0.4 is 4.90 Å². The zero-order valence-electron chi connectivity index (χ0n) is 31.1. The Labute approximate surface area is 341 Å². The van der Waals surface area contributed by atoms with E-state index in [1.165, 1.54) is 78.2 Å². The molecule has 58 heavy (non-hydrogen) atoms. The highest BCUT2D eigenvalue weighted by molar-refractivity contribution is 7.26. The Kier molecular flexibility index (Phi) is 6.79. The molecule has 2 nitrogen and oxygen atoms in total. The van der Waals surface area contributed by atoms with E-state index in [1.807, 2.05) is 22.7 Å². The van der Waals surface area contributed by atoms with Crippen molar-refractivity contribution < 1.29 is 4.42 Å². The Morgan fingerprint density at radius 2 is 0.948 bits per heavy atom. The maximum Gasteiger partial charge on any atom is 0.136 e. The molecule has 0 aliphatic rings. The highest BCUT2D eigenvalue weighted by Crippen LogP contribution is 2.47. The first kappa shape index (κ1) is 32.1. The third-order valence-electron chi connectivity index (χ3n) is 12.0. The van der Waals surface area contributed by atoms with Crippen LogP contribution in [0.5, 0.6) is 0 Å². The molecule has 3 heterocycles. The summed E-state index contributed by atoms with van der Waals surface area (Å²) in [5.41, 5.74) is 7.61. The van der Waals surface area contributed by atoms with Crippen molar-refractivity contribution in [3.8, 4) is 11.1 Å². The zero-order chi connectivity index (χ0) is 37.9. The van der Waals surface area contributed by atoms with Crippen LogP contribution in [0.1, 0.15) is 0 Å². The van der Waals surface area contributed by atoms with Crippen LogP contribution in [-0.4, -0.2) is 0 Å². The van der Waals surface area contributed by atoms with Crippen LogP contribution in [0.4, 0.5) is 17.1 Å².